The van der Waals surface area contributed by atoms with Gasteiger partial charge in [0.25, 0.3) is 0 Å². The summed E-state index contributed by atoms with van der Waals surface area (Å²) < 4.78 is 0. The van der Waals surface area contributed by atoms with E-state index in [1.54, 1.807) is 19.1 Å². The lowest BCUT2D eigenvalue weighted by molar-refractivity contribution is -0.147. The number of carbonyl (C=O) groups is 2. The lowest BCUT2D eigenvalue weighted by Crippen LogP contribution is -2.12. The Morgan fingerprint density at radius 3 is 2.41 bits per heavy atom. The van der Waals surface area contributed by atoms with Crippen molar-refractivity contribution in [2.24, 2.45) is 0 Å². The molecule has 0 aliphatic rings. The average molecular weight is 238 g/mol. The molecule has 0 aliphatic heterocycles. The molecule has 1 aromatic rings. The molecular formula is C12H14O5. The molecule has 5 heteroatoms. The van der Waals surface area contributed by atoms with Crippen molar-refractivity contribution >= 4 is 11.9 Å². The van der Waals surface area contributed by atoms with E-state index < -0.39 is 18.0 Å². The quantitative estimate of drug-likeness (QED) is 0.714. The standard InChI is InChI=1S/C12H14O5/c1-7-6-8(3-5-10(13)14)2-4-9(7)11(15)12(16)17/h2,4,6,11,15H,3,5H2,1H3,(H,13,14)(H,16,17). The van der Waals surface area contributed by atoms with E-state index in [9.17, 15) is 14.7 Å². The first-order chi connectivity index (χ1) is 7.91. The maximum atomic E-state index is 10.6. The van der Waals surface area contributed by atoms with Crippen LogP contribution in [0.3, 0.4) is 0 Å². The zero-order chi connectivity index (χ0) is 13.0. The summed E-state index contributed by atoms with van der Waals surface area (Å²) in [6.45, 7) is 1.69. The van der Waals surface area contributed by atoms with Crippen molar-refractivity contribution < 1.29 is 24.9 Å². The lowest BCUT2D eigenvalue weighted by Gasteiger charge is -2.10. The van der Waals surface area contributed by atoms with Crippen molar-refractivity contribution in [1.82, 2.24) is 0 Å². The molecule has 92 valence electrons. The highest BCUT2D eigenvalue weighted by Crippen LogP contribution is 2.19. The van der Waals surface area contributed by atoms with Crippen molar-refractivity contribution in [1.29, 1.82) is 0 Å². The number of hydrogen-bond acceptors (Lipinski definition) is 3. The first-order valence-electron chi connectivity index (χ1n) is 5.14. The average Bonchev–Trinajstić information content (AvgIpc) is 2.25. The number of aliphatic hydroxyl groups is 1. The second kappa shape index (κ2) is 5.45. The van der Waals surface area contributed by atoms with Crippen LogP contribution in [-0.2, 0) is 16.0 Å². The van der Waals surface area contributed by atoms with Crippen molar-refractivity contribution in [2.75, 3.05) is 0 Å². The van der Waals surface area contributed by atoms with Crippen LogP contribution < -0.4 is 0 Å². The molecule has 1 rings (SSSR count). The van der Waals surface area contributed by atoms with Gasteiger partial charge in [-0.15, -0.1) is 0 Å². The lowest BCUT2D eigenvalue weighted by atomic mass is 9.99. The van der Waals surface area contributed by atoms with Gasteiger partial charge >= 0.3 is 11.9 Å². The van der Waals surface area contributed by atoms with E-state index in [1.807, 2.05) is 0 Å². The zero-order valence-corrected chi connectivity index (χ0v) is 9.38. The van der Waals surface area contributed by atoms with E-state index in [1.165, 1.54) is 6.07 Å². The van der Waals surface area contributed by atoms with Gasteiger partial charge in [-0.2, -0.15) is 0 Å². The molecule has 5 nitrogen and oxygen atoms in total. The van der Waals surface area contributed by atoms with E-state index in [-0.39, 0.29) is 6.42 Å². The summed E-state index contributed by atoms with van der Waals surface area (Å²) in [7, 11) is 0. The van der Waals surface area contributed by atoms with E-state index in [4.69, 9.17) is 10.2 Å². The molecule has 1 aromatic carbocycles. The molecule has 0 aromatic heterocycles. The number of aliphatic carboxylic acids is 2. The largest absolute Gasteiger partial charge is 0.481 e. The fourth-order valence-electron chi connectivity index (χ4n) is 1.58. The number of rotatable bonds is 5. The van der Waals surface area contributed by atoms with Gasteiger partial charge < -0.3 is 15.3 Å². The van der Waals surface area contributed by atoms with E-state index in [0.29, 0.717) is 17.5 Å². The third-order valence-corrected chi connectivity index (χ3v) is 2.49. The smallest absolute Gasteiger partial charge is 0.337 e. The minimum absolute atomic E-state index is 0.0280. The molecule has 0 saturated carbocycles. The molecule has 17 heavy (non-hydrogen) atoms. The van der Waals surface area contributed by atoms with Gasteiger partial charge in [0.15, 0.2) is 6.10 Å². The highest BCUT2D eigenvalue weighted by Gasteiger charge is 2.17. The van der Waals surface area contributed by atoms with Gasteiger partial charge in [-0.25, -0.2) is 4.79 Å². The van der Waals surface area contributed by atoms with Crippen LogP contribution >= 0.6 is 0 Å². The molecule has 0 spiro atoms. The maximum Gasteiger partial charge on any atom is 0.337 e. The zero-order valence-electron chi connectivity index (χ0n) is 9.38. The predicted molar refractivity (Wildman–Crippen MR) is 59.7 cm³/mol. The van der Waals surface area contributed by atoms with Crippen molar-refractivity contribution in [3.63, 3.8) is 0 Å². The highest BCUT2D eigenvalue weighted by molar-refractivity contribution is 5.74. The Balaban J connectivity index is 2.86. The Kier molecular flexibility index (Phi) is 4.23. The number of aryl methyl sites for hydroxylation is 2. The summed E-state index contributed by atoms with van der Waals surface area (Å²) in [5.74, 6) is -2.18. The van der Waals surface area contributed by atoms with Gasteiger partial charge in [-0.3, -0.25) is 4.79 Å². The van der Waals surface area contributed by atoms with Crippen LogP contribution in [0.4, 0.5) is 0 Å². The summed E-state index contributed by atoms with van der Waals surface area (Å²) in [5.41, 5.74) is 1.78. The van der Waals surface area contributed by atoms with Crippen molar-refractivity contribution in [3.05, 3.63) is 34.9 Å². The number of carboxylic acid groups (broad SMARTS) is 2. The summed E-state index contributed by atoms with van der Waals surface area (Å²) in [6, 6.07) is 4.85. The van der Waals surface area contributed by atoms with Crippen LogP contribution in [0.25, 0.3) is 0 Å². The molecule has 1 unspecified atom stereocenters. The Bertz CT molecular complexity index is 439. The molecule has 0 heterocycles. The van der Waals surface area contributed by atoms with Crippen LogP contribution in [0.2, 0.25) is 0 Å². The number of benzene rings is 1. The molecule has 0 bridgehead atoms. The fourth-order valence-corrected chi connectivity index (χ4v) is 1.58. The van der Waals surface area contributed by atoms with Gasteiger partial charge in [0, 0.05) is 6.42 Å². The first-order valence-corrected chi connectivity index (χ1v) is 5.14. The maximum absolute atomic E-state index is 10.6. The topological polar surface area (TPSA) is 94.8 Å². The molecule has 3 N–H and O–H groups in total. The Morgan fingerprint density at radius 1 is 1.29 bits per heavy atom. The van der Waals surface area contributed by atoms with E-state index >= 15 is 0 Å². The highest BCUT2D eigenvalue weighted by atomic mass is 16.4. The minimum Gasteiger partial charge on any atom is -0.481 e. The van der Waals surface area contributed by atoms with Crippen molar-refractivity contribution in [2.45, 2.75) is 25.9 Å². The number of aliphatic hydroxyl groups excluding tert-OH is 1. The van der Waals surface area contributed by atoms with Gasteiger partial charge in [-0.1, -0.05) is 18.2 Å². The monoisotopic (exact) mass is 238 g/mol. The molecular weight excluding hydrogens is 224 g/mol. The van der Waals surface area contributed by atoms with Crippen LogP contribution in [-0.4, -0.2) is 27.3 Å². The Labute approximate surface area is 98.3 Å². The van der Waals surface area contributed by atoms with Crippen LogP contribution in [0.1, 0.15) is 29.2 Å². The normalized spacial score (nSPS) is 12.1. The Morgan fingerprint density at radius 2 is 1.94 bits per heavy atom. The molecule has 0 amide bonds. The Hall–Kier alpha value is -1.88. The SMILES string of the molecule is Cc1cc(CCC(=O)O)ccc1C(O)C(=O)O. The van der Waals surface area contributed by atoms with Gasteiger partial charge in [-0.05, 0) is 30.0 Å². The third kappa shape index (κ3) is 3.57. The summed E-state index contributed by atoms with van der Waals surface area (Å²) in [6.07, 6.45) is -1.12. The molecule has 0 saturated heterocycles. The third-order valence-electron chi connectivity index (χ3n) is 2.49. The molecule has 1 atom stereocenters. The van der Waals surface area contributed by atoms with Gasteiger partial charge in [0.05, 0.1) is 0 Å². The van der Waals surface area contributed by atoms with Crippen LogP contribution in [0, 0.1) is 6.92 Å². The molecule has 0 fully saturated rings. The fraction of sp³-hybridized carbons (Fsp3) is 0.333. The second-order valence-corrected chi connectivity index (χ2v) is 3.83. The van der Waals surface area contributed by atoms with Crippen LogP contribution in [0.15, 0.2) is 18.2 Å². The van der Waals surface area contributed by atoms with E-state index in [2.05, 4.69) is 0 Å². The van der Waals surface area contributed by atoms with Gasteiger partial charge in [0.1, 0.15) is 0 Å². The van der Waals surface area contributed by atoms with Crippen molar-refractivity contribution in [3.8, 4) is 0 Å². The number of carboxylic acids is 2. The van der Waals surface area contributed by atoms with Gasteiger partial charge in [0.2, 0.25) is 0 Å². The van der Waals surface area contributed by atoms with E-state index in [0.717, 1.165) is 5.56 Å². The minimum atomic E-state index is -1.54. The molecule has 0 aliphatic carbocycles. The van der Waals surface area contributed by atoms with Crippen LogP contribution in [0.5, 0.6) is 0 Å². The predicted octanol–water partition coefficient (Wildman–Crippen LogP) is 1.13. The summed E-state index contributed by atoms with van der Waals surface area (Å²) in [5, 5.41) is 26.6. The number of hydrogen-bond donors (Lipinski definition) is 3. The summed E-state index contributed by atoms with van der Waals surface area (Å²) in [4.78, 5) is 21.0. The first kappa shape index (κ1) is 13.2. The summed E-state index contributed by atoms with van der Waals surface area (Å²) >= 11 is 0. The second-order valence-electron chi connectivity index (χ2n) is 3.83. The molecule has 0 radical (unpaired) electrons.